The van der Waals surface area contributed by atoms with Gasteiger partial charge in [-0.3, -0.25) is 4.98 Å². The lowest BCUT2D eigenvalue weighted by molar-refractivity contribution is -0.138. The summed E-state index contributed by atoms with van der Waals surface area (Å²) in [4.78, 5) is 6.94. The van der Waals surface area contributed by atoms with Crippen LogP contribution in [-0.2, 0) is 6.18 Å². The van der Waals surface area contributed by atoms with E-state index in [0.29, 0.717) is 17.3 Å². The smallest absolute Gasteiger partial charge is 0.416 e. The second-order valence-corrected chi connectivity index (χ2v) is 6.49. The number of ether oxygens (including phenoxy) is 1. The number of nitrogens with one attached hydrogen (secondary N) is 2. The van der Waals surface area contributed by atoms with Crippen molar-refractivity contribution in [2.45, 2.75) is 13.1 Å². The average Bonchev–Trinajstić information content (AvgIpc) is 3.18. The van der Waals surface area contributed by atoms with E-state index in [1.54, 1.807) is 54.9 Å². The lowest BCUT2D eigenvalue weighted by Crippen LogP contribution is -2.08. The molecule has 0 spiro atoms. The van der Waals surface area contributed by atoms with E-state index in [9.17, 15) is 13.2 Å². The molecule has 0 fully saturated rings. The third-order valence-electron chi connectivity index (χ3n) is 4.29. The first-order chi connectivity index (χ1) is 14.4. The summed E-state index contributed by atoms with van der Waals surface area (Å²) in [5.41, 5.74) is 0.459. The number of hydrogen-bond acceptors (Lipinski definition) is 5. The maximum atomic E-state index is 13.1. The molecule has 0 saturated heterocycles. The molecule has 0 aliphatic rings. The van der Waals surface area contributed by atoms with Gasteiger partial charge >= 0.3 is 6.18 Å². The number of rotatable bonds is 5. The molecule has 0 aliphatic heterocycles. The van der Waals surface area contributed by atoms with E-state index in [-0.39, 0.29) is 17.2 Å². The second-order valence-electron chi connectivity index (χ2n) is 6.49. The van der Waals surface area contributed by atoms with Gasteiger partial charge in [-0.1, -0.05) is 6.07 Å². The van der Waals surface area contributed by atoms with Gasteiger partial charge in [0.05, 0.1) is 11.8 Å². The molecule has 30 heavy (non-hydrogen) atoms. The summed E-state index contributed by atoms with van der Waals surface area (Å²) >= 11 is 0. The zero-order valence-corrected chi connectivity index (χ0v) is 15.7. The molecule has 0 bridgehead atoms. The molecule has 4 aromatic rings. The fourth-order valence-corrected chi connectivity index (χ4v) is 2.81. The van der Waals surface area contributed by atoms with Gasteiger partial charge in [0.1, 0.15) is 11.5 Å². The van der Waals surface area contributed by atoms with Gasteiger partial charge in [-0.15, -0.1) is 10.2 Å². The van der Waals surface area contributed by atoms with Crippen molar-refractivity contribution in [3.05, 3.63) is 78.1 Å². The average molecular weight is 411 g/mol. The van der Waals surface area contributed by atoms with Crippen LogP contribution in [0.25, 0.3) is 11.4 Å². The molecule has 9 heteroatoms. The normalized spacial score (nSPS) is 11.3. The maximum Gasteiger partial charge on any atom is 0.416 e. The largest absolute Gasteiger partial charge is 0.456 e. The highest BCUT2D eigenvalue weighted by atomic mass is 19.4. The van der Waals surface area contributed by atoms with Crippen molar-refractivity contribution in [2.24, 2.45) is 0 Å². The van der Waals surface area contributed by atoms with Gasteiger partial charge in [0.2, 0.25) is 5.95 Å². The van der Waals surface area contributed by atoms with Gasteiger partial charge in [0, 0.05) is 17.4 Å². The predicted octanol–water partition coefficient (Wildman–Crippen LogP) is 5.73. The number of nitrogens with zero attached hydrogens (tertiary/aromatic N) is 3. The Hall–Kier alpha value is -3.88. The van der Waals surface area contributed by atoms with Crippen LogP contribution >= 0.6 is 0 Å². The van der Waals surface area contributed by atoms with Crippen molar-refractivity contribution in [3.63, 3.8) is 0 Å². The van der Waals surface area contributed by atoms with E-state index in [1.165, 1.54) is 13.0 Å². The molecule has 0 aliphatic carbocycles. The van der Waals surface area contributed by atoms with Gasteiger partial charge in [0.15, 0.2) is 5.82 Å². The summed E-state index contributed by atoms with van der Waals surface area (Å²) in [6.07, 6.45) is -1.16. The number of hydrogen-bond donors (Lipinski definition) is 2. The molecule has 2 aromatic heterocycles. The first kappa shape index (κ1) is 19.4. The molecular weight excluding hydrogens is 395 g/mol. The standard InChI is InChI=1S/C21H16F3N5O/c1-13-4-7-15(11-18(13)21(22,23)24)26-20-27-19(28-29-20)14-5-8-16(9-6-14)30-17-3-2-10-25-12-17/h2-12H,1H3,(H2,26,27,28,29). The van der Waals surface area contributed by atoms with E-state index < -0.39 is 11.7 Å². The van der Waals surface area contributed by atoms with Crippen molar-refractivity contribution < 1.29 is 17.9 Å². The van der Waals surface area contributed by atoms with E-state index in [1.807, 2.05) is 0 Å². The van der Waals surface area contributed by atoms with Gasteiger partial charge in [0.25, 0.3) is 0 Å². The Kier molecular flexibility index (Phi) is 5.09. The molecule has 0 atom stereocenters. The minimum absolute atomic E-state index is 0.153. The van der Waals surface area contributed by atoms with Crippen LogP contribution in [-0.4, -0.2) is 20.2 Å². The molecule has 6 nitrogen and oxygen atoms in total. The Morgan fingerprint density at radius 2 is 1.77 bits per heavy atom. The fraction of sp³-hybridized carbons (Fsp3) is 0.0952. The Balaban J connectivity index is 1.48. The molecule has 0 unspecified atom stereocenters. The quantitative estimate of drug-likeness (QED) is 0.439. The van der Waals surface area contributed by atoms with Crippen LogP contribution in [0, 0.1) is 6.92 Å². The molecule has 152 valence electrons. The highest BCUT2D eigenvalue weighted by Gasteiger charge is 2.32. The van der Waals surface area contributed by atoms with Crippen LogP contribution in [0.1, 0.15) is 11.1 Å². The summed E-state index contributed by atoms with van der Waals surface area (Å²) < 4.78 is 44.9. The molecule has 4 rings (SSSR count). The summed E-state index contributed by atoms with van der Waals surface area (Å²) in [7, 11) is 0. The number of H-pyrrole nitrogens is 1. The van der Waals surface area contributed by atoms with Gasteiger partial charge in [-0.25, -0.2) is 0 Å². The number of halogens is 3. The maximum absolute atomic E-state index is 13.1. The van der Waals surface area contributed by atoms with Gasteiger partial charge < -0.3 is 15.0 Å². The summed E-state index contributed by atoms with van der Waals surface area (Å²) in [5.74, 6) is 1.95. The van der Waals surface area contributed by atoms with E-state index >= 15 is 0 Å². The minimum Gasteiger partial charge on any atom is -0.456 e. The monoisotopic (exact) mass is 411 g/mol. The molecule has 2 N–H and O–H groups in total. The SMILES string of the molecule is Cc1ccc(Nc2nnc(-c3ccc(Oc4cccnc4)cc3)[nH]2)cc1C(F)(F)F. The molecule has 2 aromatic carbocycles. The molecular formula is C21H16F3N5O. The number of aromatic nitrogens is 4. The van der Waals surface area contributed by atoms with E-state index in [4.69, 9.17) is 4.74 Å². The van der Waals surface area contributed by atoms with Crippen molar-refractivity contribution in [1.29, 1.82) is 0 Å². The van der Waals surface area contributed by atoms with Crippen LogP contribution in [0.5, 0.6) is 11.5 Å². The number of aromatic amines is 1. The Morgan fingerprint density at radius 3 is 2.47 bits per heavy atom. The lowest BCUT2D eigenvalue weighted by atomic mass is 10.1. The van der Waals surface area contributed by atoms with Crippen molar-refractivity contribution >= 4 is 11.6 Å². The van der Waals surface area contributed by atoms with Crippen molar-refractivity contribution in [3.8, 4) is 22.9 Å². The third kappa shape index (κ3) is 4.40. The summed E-state index contributed by atoms with van der Waals surface area (Å²) in [6.45, 7) is 1.42. The van der Waals surface area contributed by atoms with Crippen LogP contribution < -0.4 is 10.1 Å². The number of benzene rings is 2. The molecule has 0 amide bonds. The summed E-state index contributed by atoms with van der Waals surface area (Å²) in [5, 5.41) is 10.8. The van der Waals surface area contributed by atoms with Gasteiger partial charge in [-0.2, -0.15) is 13.2 Å². The van der Waals surface area contributed by atoms with E-state index in [2.05, 4.69) is 25.5 Å². The first-order valence-electron chi connectivity index (χ1n) is 8.94. The first-order valence-corrected chi connectivity index (χ1v) is 8.94. The second kappa shape index (κ2) is 7.86. The number of anilines is 2. The lowest BCUT2D eigenvalue weighted by Gasteiger charge is -2.12. The minimum atomic E-state index is -4.42. The van der Waals surface area contributed by atoms with E-state index in [0.717, 1.165) is 11.6 Å². The highest BCUT2D eigenvalue weighted by molar-refractivity contribution is 5.61. The van der Waals surface area contributed by atoms with Crippen molar-refractivity contribution in [1.82, 2.24) is 20.2 Å². The number of alkyl halides is 3. The summed E-state index contributed by atoms with van der Waals surface area (Å²) in [6, 6.07) is 14.7. The number of aryl methyl sites for hydroxylation is 1. The van der Waals surface area contributed by atoms with Crippen LogP contribution in [0.4, 0.5) is 24.8 Å². The molecule has 0 saturated carbocycles. The molecule has 0 radical (unpaired) electrons. The highest BCUT2D eigenvalue weighted by Crippen LogP contribution is 2.34. The van der Waals surface area contributed by atoms with Crippen LogP contribution in [0.2, 0.25) is 0 Å². The van der Waals surface area contributed by atoms with Crippen LogP contribution in [0.15, 0.2) is 67.0 Å². The topological polar surface area (TPSA) is 75.7 Å². The zero-order valence-electron chi connectivity index (χ0n) is 15.7. The molecule has 2 heterocycles. The number of pyridine rings is 1. The Labute approximate surface area is 169 Å². The Bertz CT molecular complexity index is 1140. The zero-order chi connectivity index (χ0) is 21.1. The fourth-order valence-electron chi connectivity index (χ4n) is 2.81. The van der Waals surface area contributed by atoms with Gasteiger partial charge in [-0.05, 0) is 61.0 Å². The van der Waals surface area contributed by atoms with Crippen molar-refractivity contribution in [2.75, 3.05) is 5.32 Å². The predicted molar refractivity (Wildman–Crippen MR) is 106 cm³/mol. The van der Waals surface area contributed by atoms with Crippen LogP contribution in [0.3, 0.4) is 0 Å². The third-order valence-corrected chi connectivity index (χ3v) is 4.29. The Morgan fingerprint density at radius 1 is 0.967 bits per heavy atom.